The van der Waals surface area contributed by atoms with E-state index in [1.54, 1.807) is 20.1 Å². The van der Waals surface area contributed by atoms with Crippen molar-refractivity contribution in [3.05, 3.63) is 36.1 Å². The molecule has 1 amide bonds. The van der Waals surface area contributed by atoms with Gasteiger partial charge in [0, 0.05) is 6.07 Å². The summed E-state index contributed by atoms with van der Waals surface area (Å²) in [6, 6.07) is 9.28. The first-order valence-corrected chi connectivity index (χ1v) is 7.02. The number of rotatable bonds is 5. The molecule has 2 rings (SSSR count). The van der Waals surface area contributed by atoms with E-state index in [1.165, 1.54) is 11.8 Å². The molecule has 20 heavy (non-hydrogen) atoms. The van der Waals surface area contributed by atoms with Crippen molar-refractivity contribution < 1.29 is 14.1 Å². The van der Waals surface area contributed by atoms with Crippen molar-refractivity contribution in [1.82, 2.24) is 5.16 Å². The highest BCUT2D eigenvalue weighted by Gasteiger charge is 2.17. The maximum Gasteiger partial charge on any atom is 0.238 e. The average Bonchev–Trinajstić information content (AvgIpc) is 2.84. The molecule has 0 bridgehead atoms. The Morgan fingerprint density at radius 2 is 2.20 bits per heavy atom. The molecular formula is C14H16N2O3S. The number of thioether (sulfide) groups is 1. The minimum atomic E-state index is -0.275. The molecule has 0 unspecified atom stereocenters. The van der Waals surface area contributed by atoms with Gasteiger partial charge in [0.25, 0.3) is 0 Å². The summed E-state index contributed by atoms with van der Waals surface area (Å²) >= 11 is 1.43. The van der Waals surface area contributed by atoms with Gasteiger partial charge in [-0.1, -0.05) is 17.3 Å². The molecule has 1 aromatic carbocycles. The quantitative estimate of drug-likeness (QED) is 0.858. The van der Waals surface area contributed by atoms with E-state index in [0.717, 1.165) is 10.6 Å². The Morgan fingerprint density at radius 1 is 1.45 bits per heavy atom. The van der Waals surface area contributed by atoms with Crippen LogP contribution in [0.1, 0.15) is 12.7 Å². The number of carbonyl (C=O) groups is 1. The summed E-state index contributed by atoms with van der Waals surface area (Å²) in [5.74, 6) is 1.72. The number of anilines is 1. The maximum absolute atomic E-state index is 12.1. The van der Waals surface area contributed by atoms with Gasteiger partial charge in [0.15, 0.2) is 5.82 Å². The van der Waals surface area contributed by atoms with E-state index in [-0.39, 0.29) is 11.2 Å². The van der Waals surface area contributed by atoms with E-state index in [4.69, 9.17) is 9.26 Å². The van der Waals surface area contributed by atoms with Gasteiger partial charge in [0.1, 0.15) is 11.5 Å². The molecule has 2 aromatic rings. The second-order valence-electron chi connectivity index (χ2n) is 4.22. The molecule has 0 saturated heterocycles. The number of hydrogen-bond donors (Lipinski definition) is 1. The van der Waals surface area contributed by atoms with Crippen LogP contribution in [0.25, 0.3) is 0 Å². The van der Waals surface area contributed by atoms with Crippen LogP contribution in [-0.4, -0.2) is 23.4 Å². The molecule has 5 nitrogen and oxygen atoms in total. The lowest BCUT2D eigenvalue weighted by atomic mass is 10.3. The van der Waals surface area contributed by atoms with Gasteiger partial charge in [-0.15, -0.1) is 11.8 Å². The van der Waals surface area contributed by atoms with Gasteiger partial charge in [0.2, 0.25) is 5.91 Å². The van der Waals surface area contributed by atoms with Crippen LogP contribution in [0.2, 0.25) is 0 Å². The van der Waals surface area contributed by atoms with Crippen LogP contribution in [0.15, 0.2) is 39.8 Å². The predicted octanol–water partition coefficient (Wildman–Crippen LogP) is 3.11. The Hall–Kier alpha value is -1.95. The third-order valence-electron chi connectivity index (χ3n) is 2.62. The van der Waals surface area contributed by atoms with E-state index >= 15 is 0 Å². The Balaban J connectivity index is 2.00. The van der Waals surface area contributed by atoms with Crippen molar-refractivity contribution in [2.75, 3.05) is 12.4 Å². The number of methoxy groups -OCH3 is 1. The normalized spacial score (nSPS) is 11.9. The number of carbonyl (C=O) groups excluding carboxylic acids is 1. The van der Waals surface area contributed by atoms with Crippen LogP contribution in [0.4, 0.5) is 5.82 Å². The van der Waals surface area contributed by atoms with Crippen LogP contribution in [0.5, 0.6) is 5.75 Å². The molecule has 0 aliphatic heterocycles. The maximum atomic E-state index is 12.1. The van der Waals surface area contributed by atoms with Crippen LogP contribution < -0.4 is 10.1 Å². The number of hydrogen-bond acceptors (Lipinski definition) is 5. The number of para-hydroxylation sites is 1. The zero-order chi connectivity index (χ0) is 14.5. The van der Waals surface area contributed by atoms with Crippen molar-refractivity contribution in [1.29, 1.82) is 0 Å². The van der Waals surface area contributed by atoms with Gasteiger partial charge < -0.3 is 14.6 Å². The van der Waals surface area contributed by atoms with Gasteiger partial charge in [-0.3, -0.25) is 4.79 Å². The number of nitrogens with zero attached hydrogens (tertiary/aromatic N) is 1. The molecule has 0 radical (unpaired) electrons. The molecule has 0 aliphatic carbocycles. The third-order valence-corrected chi connectivity index (χ3v) is 3.78. The largest absolute Gasteiger partial charge is 0.496 e. The van der Waals surface area contributed by atoms with Crippen LogP contribution in [0, 0.1) is 6.92 Å². The van der Waals surface area contributed by atoms with Gasteiger partial charge >= 0.3 is 0 Å². The zero-order valence-corrected chi connectivity index (χ0v) is 12.4. The summed E-state index contributed by atoms with van der Waals surface area (Å²) in [5, 5.41) is 6.18. The lowest BCUT2D eigenvalue weighted by Crippen LogP contribution is -2.22. The summed E-state index contributed by atoms with van der Waals surface area (Å²) < 4.78 is 10.2. The fourth-order valence-corrected chi connectivity index (χ4v) is 2.58. The highest BCUT2D eigenvalue weighted by Crippen LogP contribution is 2.32. The molecule has 0 saturated carbocycles. The summed E-state index contributed by atoms with van der Waals surface area (Å²) in [4.78, 5) is 13.0. The van der Waals surface area contributed by atoms with Crippen molar-refractivity contribution in [2.45, 2.75) is 24.0 Å². The van der Waals surface area contributed by atoms with E-state index in [2.05, 4.69) is 10.5 Å². The summed E-state index contributed by atoms with van der Waals surface area (Å²) in [6.45, 7) is 3.61. The second-order valence-corrected chi connectivity index (χ2v) is 5.61. The first-order chi connectivity index (χ1) is 9.60. The fourth-order valence-electron chi connectivity index (χ4n) is 1.61. The number of benzene rings is 1. The van der Waals surface area contributed by atoms with E-state index in [9.17, 15) is 4.79 Å². The van der Waals surface area contributed by atoms with Gasteiger partial charge in [0.05, 0.1) is 17.3 Å². The molecule has 0 aliphatic rings. The minimum absolute atomic E-state index is 0.130. The smallest absolute Gasteiger partial charge is 0.238 e. The van der Waals surface area contributed by atoms with Crippen LogP contribution in [0.3, 0.4) is 0 Å². The average molecular weight is 292 g/mol. The molecule has 0 fully saturated rings. The van der Waals surface area contributed by atoms with Gasteiger partial charge in [-0.05, 0) is 26.0 Å². The molecule has 1 N–H and O–H groups in total. The van der Waals surface area contributed by atoms with Crippen molar-refractivity contribution in [2.24, 2.45) is 0 Å². The Kier molecular flexibility index (Phi) is 4.68. The molecule has 106 valence electrons. The second kappa shape index (κ2) is 6.47. The zero-order valence-electron chi connectivity index (χ0n) is 11.5. The van der Waals surface area contributed by atoms with Crippen molar-refractivity contribution in [3.8, 4) is 5.75 Å². The van der Waals surface area contributed by atoms with E-state index in [0.29, 0.717) is 11.6 Å². The summed E-state index contributed by atoms with van der Waals surface area (Å²) in [6.07, 6.45) is 0. The summed E-state index contributed by atoms with van der Waals surface area (Å²) in [7, 11) is 1.61. The third kappa shape index (κ3) is 3.54. The van der Waals surface area contributed by atoms with Gasteiger partial charge in [-0.25, -0.2) is 0 Å². The minimum Gasteiger partial charge on any atom is -0.496 e. The van der Waals surface area contributed by atoms with E-state index in [1.807, 2.05) is 31.2 Å². The van der Waals surface area contributed by atoms with E-state index < -0.39 is 0 Å². The molecule has 1 aromatic heterocycles. The lowest BCUT2D eigenvalue weighted by Gasteiger charge is -2.12. The van der Waals surface area contributed by atoms with Crippen molar-refractivity contribution >= 4 is 23.5 Å². The number of aromatic nitrogens is 1. The number of amides is 1. The molecule has 0 spiro atoms. The summed E-state index contributed by atoms with van der Waals surface area (Å²) in [5.41, 5.74) is 0. The number of ether oxygens (including phenoxy) is 1. The van der Waals surface area contributed by atoms with Crippen molar-refractivity contribution in [3.63, 3.8) is 0 Å². The standard InChI is InChI=1S/C14H16N2O3S/c1-9-8-13(16-19-9)15-14(17)10(2)20-12-7-5-4-6-11(12)18-3/h4-8,10H,1-3H3,(H,15,16,17)/t10-/m0/s1. The fraction of sp³-hybridized carbons (Fsp3) is 0.286. The first-order valence-electron chi connectivity index (χ1n) is 6.14. The van der Waals surface area contributed by atoms with Crippen LogP contribution in [-0.2, 0) is 4.79 Å². The highest BCUT2D eigenvalue weighted by atomic mass is 32.2. The predicted molar refractivity (Wildman–Crippen MR) is 78.2 cm³/mol. The number of nitrogens with one attached hydrogen (secondary N) is 1. The Bertz CT molecular complexity index is 598. The topological polar surface area (TPSA) is 64.4 Å². The monoisotopic (exact) mass is 292 g/mol. The first kappa shape index (κ1) is 14.5. The molecular weight excluding hydrogens is 276 g/mol. The Morgan fingerprint density at radius 3 is 2.85 bits per heavy atom. The Labute approximate surface area is 121 Å². The number of aryl methyl sites for hydroxylation is 1. The molecule has 6 heteroatoms. The highest BCUT2D eigenvalue weighted by molar-refractivity contribution is 8.00. The SMILES string of the molecule is COc1ccccc1S[C@@H](C)C(=O)Nc1cc(C)on1. The lowest BCUT2D eigenvalue weighted by molar-refractivity contribution is -0.115. The van der Waals surface area contributed by atoms with Crippen LogP contribution >= 0.6 is 11.8 Å². The molecule has 1 atom stereocenters. The van der Waals surface area contributed by atoms with Gasteiger partial charge in [-0.2, -0.15) is 0 Å². The molecule has 1 heterocycles.